The highest BCUT2D eigenvalue weighted by molar-refractivity contribution is 8.77. The first-order chi connectivity index (χ1) is 9.68. The molecule has 0 bridgehead atoms. The number of nitrogens with one attached hydrogen (secondary N) is 1. The molecule has 20 heavy (non-hydrogen) atoms. The Morgan fingerprint density at radius 1 is 1.45 bits per heavy atom. The monoisotopic (exact) mass is 317 g/mol. The van der Waals surface area contributed by atoms with Gasteiger partial charge in [0.2, 0.25) is 5.91 Å². The molecule has 1 unspecified atom stereocenters. The highest BCUT2D eigenvalue weighted by atomic mass is 33.1. The van der Waals surface area contributed by atoms with Gasteiger partial charge in [0.05, 0.1) is 19.8 Å². The van der Waals surface area contributed by atoms with E-state index in [2.05, 4.69) is 17.2 Å². The predicted molar refractivity (Wildman–Crippen MR) is 85.5 cm³/mol. The molecule has 0 saturated carbocycles. The summed E-state index contributed by atoms with van der Waals surface area (Å²) in [5.74, 6) is 7.28. The number of rotatable bonds is 7. The van der Waals surface area contributed by atoms with E-state index in [0.717, 1.165) is 6.42 Å². The van der Waals surface area contributed by atoms with Gasteiger partial charge >= 0.3 is 0 Å². The molecule has 0 radical (unpaired) electrons. The molecule has 6 heteroatoms. The Kier molecular flexibility index (Phi) is 10.0. The van der Waals surface area contributed by atoms with Crippen LogP contribution in [0.3, 0.4) is 0 Å². The molecule has 1 saturated heterocycles. The lowest BCUT2D eigenvalue weighted by molar-refractivity contribution is -0.126. The number of ether oxygens (including phenoxy) is 2. The van der Waals surface area contributed by atoms with Crippen LogP contribution in [0.1, 0.15) is 26.7 Å². The van der Waals surface area contributed by atoms with Crippen LogP contribution < -0.4 is 5.32 Å². The largest absolute Gasteiger partial charge is 0.369 e. The van der Waals surface area contributed by atoms with Crippen molar-refractivity contribution in [1.29, 1.82) is 0 Å². The van der Waals surface area contributed by atoms with E-state index in [0.29, 0.717) is 25.7 Å². The summed E-state index contributed by atoms with van der Waals surface area (Å²) in [7, 11) is 3.65. The molecular formula is C14H23NO3S2. The highest BCUT2D eigenvalue weighted by Gasteiger charge is 2.14. The molecule has 1 atom stereocenters. The molecule has 0 aromatic carbocycles. The molecule has 1 amide bonds. The van der Waals surface area contributed by atoms with Crippen LogP contribution in [0, 0.1) is 17.8 Å². The predicted octanol–water partition coefficient (Wildman–Crippen LogP) is 2.30. The van der Waals surface area contributed by atoms with Gasteiger partial charge in [-0.3, -0.25) is 4.79 Å². The molecule has 1 N–H and O–H groups in total. The maximum absolute atomic E-state index is 11.4. The fourth-order valence-corrected chi connectivity index (χ4v) is 3.94. The second-order valence-corrected chi connectivity index (χ2v) is 7.31. The standard InChI is InChI=1S/C14H23NO3S2/c1-12(2)5-3-7-15-13(16)11-17-8-9-18-14-6-4-10-19-20-14/h12,14H,4,6-11H2,1-2H3,(H,15,16). The smallest absolute Gasteiger partial charge is 0.246 e. The minimum atomic E-state index is -0.134. The SMILES string of the molecule is CC(C)C#CCNC(=O)COCCOC1CCCSS1. The van der Waals surface area contributed by atoms with Crippen LogP contribution in [-0.2, 0) is 14.3 Å². The minimum absolute atomic E-state index is 0.0687. The second-order valence-electron chi connectivity index (χ2n) is 4.67. The zero-order valence-corrected chi connectivity index (χ0v) is 13.8. The topological polar surface area (TPSA) is 47.6 Å². The molecular weight excluding hydrogens is 294 g/mol. The van der Waals surface area contributed by atoms with Gasteiger partial charge in [0.25, 0.3) is 0 Å². The van der Waals surface area contributed by atoms with Gasteiger partial charge in [-0.25, -0.2) is 0 Å². The molecule has 0 aromatic heterocycles. The van der Waals surface area contributed by atoms with Crippen LogP contribution in [-0.4, -0.2) is 43.5 Å². The Labute approximate surface area is 129 Å². The molecule has 0 spiro atoms. The summed E-state index contributed by atoms with van der Waals surface area (Å²) in [5, 5.41) is 2.69. The molecule has 0 aromatic rings. The van der Waals surface area contributed by atoms with E-state index in [1.807, 2.05) is 24.6 Å². The molecule has 1 fully saturated rings. The number of carbonyl (C=O) groups is 1. The lowest BCUT2D eigenvalue weighted by Gasteiger charge is -2.20. The van der Waals surface area contributed by atoms with Crippen LogP contribution in [0.5, 0.6) is 0 Å². The van der Waals surface area contributed by atoms with Gasteiger partial charge in [-0.15, -0.1) is 0 Å². The summed E-state index contributed by atoms with van der Waals surface area (Å²) in [6, 6.07) is 0. The third kappa shape index (κ3) is 9.54. The van der Waals surface area contributed by atoms with Crippen molar-refractivity contribution in [1.82, 2.24) is 5.32 Å². The number of carbonyl (C=O) groups excluding carboxylic acids is 1. The van der Waals surface area contributed by atoms with Crippen molar-refractivity contribution < 1.29 is 14.3 Å². The highest BCUT2D eigenvalue weighted by Crippen LogP contribution is 2.35. The van der Waals surface area contributed by atoms with E-state index < -0.39 is 0 Å². The number of hydrogen-bond acceptors (Lipinski definition) is 5. The first-order valence-corrected chi connectivity index (χ1v) is 9.29. The van der Waals surface area contributed by atoms with E-state index in [1.165, 1.54) is 12.2 Å². The average molecular weight is 317 g/mol. The van der Waals surface area contributed by atoms with Crippen LogP contribution in [0.2, 0.25) is 0 Å². The maximum Gasteiger partial charge on any atom is 0.246 e. The van der Waals surface area contributed by atoms with Gasteiger partial charge in [-0.2, -0.15) is 0 Å². The Bertz CT molecular complexity index is 333. The summed E-state index contributed by atoms with van der Waals surface area (Å²) in [5.41, 5.74) is 0.275. The quantitative estimate of drug-likeness (QED) is 0.443. The molecule has 4 nitrogen and oxygen atoms in total. The molecule has 114 valence electrons. The van der Waals surface area contributed by atoms with Crippen molar-refractivity contribution in [2.24, 2.45) is 5.92 Å². The van der Waals surface area contributed by atoms with Crippen molar-refractivity contribution >= 4 is 27.5 Å². The molecule has 0 aliphatic carbocycles. The molecule has 1 aliphatic heterocycles. The molecule has 1 aliphatic rings. The van der Waals surface area contributed by atoms with Gasteiger partial charge in [0.15, 0.2) is 0 Å². The Hall–Kier alpha value is -0.350. The average Bonchev–Trinajstić information content (AvgIpc) is 2.44. The first-order valence-electron chi connectivity index (χ1n) is 6.91. The van der Waals surface area contributed by atoms with Crippen LogP contribution in [0.25, 0.3) is 0 Å². The third-order valence-corrected chi connectivity index (χ3v) is 5.10. The lowest BCUT2D eigenvalue weighted by Crippen LogP contribution is -2.28. The van der Waals surface area contributed by atoms with Crippen molar-refractivity contribution in [2.75, 3.05) is 32.1 Å². The van der Waals surface area contributed by atoms with E-state index in [9.17, 15) is 4.79 Å². The number of amides is 1. The van der Waals surface area contributed by atoms with Gasteiger partial charge in [-0.1, -0.05) is 47.3 Å². The fraction of sp³-hybridized carbons (Fsp3) is 0.786. The summed E-state index contributed by atoms with van der Waals surface area (Å²) in [4.78, 5) is 11.4. The molecule has 1 heterocycles. The second kappa shape index (κ2) is 11.3. The van der Waals surface area contributed by atoms with Crippen molar-refractivity contribution in [3.05, 3.63) is 0 Å². The summed E-state index contributed by atoms with van der Waals surface area (Å²) in [6.45, 7) is 5.47. The maximum atomic E-state index is 11.4. The molecule has 1 rings (SSSR count). The van der Waals surface area contributed by atoms with Gasteiger partial charge in [-0.05, 0) is 12.8 Å². The summed E-state index contributed by atoms with van der Waals surface area (Å²) >= 11 is 0. The van der Waals surface area contributed by atoms with Crippen LogP contribution >= 0.6 is 21.6 Å². The van der Waals surface area contributed by atoms with E-state index in [1.54, 1.807) is 10.8 Å². The van der Waals surface area contributed by atoms with E-state index in [4.69, 9.17) is 9.47 Å². The van der Waals surface area contributed by atoms with Gasteiger partial charge < -0.3 is 14.8 Å². The van der Waals surface area contributed by atoms with Crippen molar-refractivity contribution in [3.8, 4) is 11.8 Å². The zero-order valence-electron chi connectivity index (χ0n) is 12.1. The van der Waals surface area contributed by atoms with E-state index in [-0.39, 0.29) is 18.0 Å². The fourth-order valence-electron chi connectivity index (χ4n) is 1.44. The number of hydrogen-bond donors (Lipinski definition) is 1. The zero-order chi connectivity index (χ0) is 14.6. The van der Waals surface area contributed by atoms with Gasteiger partial charge in [0.1, 0.15) is 12.0 Å². The van der Waals surface area contributed by atoms with E-state index >= 15 is 0 Å². The third-order valence-electron chi connectivity index (χ3n) is 2.37. The van der Waals surface area contributed by atoms with Crippen molar-refractivity contribution in [3.63, 3.8) is 0 Å². The summed E-state index contributed by atoms with van der Waals surface area (Å²) < 4.78 is 10.9. The van der Waals surface area contributed by atoms with Crippen LogP contribution in [0.4, 0.5) is 0 Å². The normalized spacial score (nSPS) is 18.4. The Morgan fingerprint density at radius 3 is 3.00 bits per heavy atom. The Balaban J connectivity index is 1.92. The summed E-state index contributed by atoms with van der Waals surface area (Å²) in [6.07, 6.45) is 2.32. The van der Waals surface area contributed by atoms with Crippen LogP contribution in [0.15, 0.2) is 0 Å². The van der Waals surface area contributed by atoms with Gasteiger partial charge in [0, 0.05) is 11.7 Å². The Morgan fingerprint density at radius 2 is 2.30 bits per heavy atom. The lowest BCUT2D eigenvalue weighted by atomic mass is 10.2. The van der Waals surface area contributed by atoms with Crippen molar-refractivity contribution in [2.45, 2.75) is 32.1 Å². The minimum Gasteiger partial charge on any atom is -0.369 e. The first kappa shape index (κ1) is 17.7.